The van der Waals surface area contributed by atoms with Crippen LogP contribution in [0.2, 0.25) is 0 Å². The van der Waals surface area contributed by atoms with Gasteiger partial charge < -0.3 is 15.7 Å². The van der Waals surface area contributed by atoms with Gasteiger partial charge >= 0.3 is 12.0 Å². The van der Waals surface area contributed by atoms with E-state index >= 15 is 0 Å². The number of terminal acetylenes is 1. The second-order valence-corrected chi connectivity index (χ2v) is 3.78. The maximum atomic E-state index is 11.2. The molecule has 0 saturated heterocycles. The van der Waals surface area contributed by atoms with Crippen molar-refractivity contribution in [3.8, 4) is 12.3 Å². The average molecular weight is 226 g/mol. The normalized spacial score (nSPS) is 13.3. The molecule has 0 fully saturated rings. The largest absolute Gasteiger partial charge is 0.481 e. The Labute approximate surface area is 95.6 Å². The lowest BCUT2D eigenvalue weighted by Crippen LogP contribution is -2.41. The Bertz CT molecular complexity index is 283. The lowest BCUT2D eigenvalue weighted by Gasteiger charge is -2.13. The highest BCUT2D eigenvalue weighted by Crippen LogP contribution is 2.03. The molecule has 0 bridgehead atoms. The Morgan fingerprint density at radius 2 is 2.06 bits per heavy atom. The number of aliphatic carboxylic acids is 1. The molecule has 0 aliphatic carbocycles. The van der Waals surface area contributed by atoms with Crippen LogP contribution < -0.4 is 10.6 Å². The van der Waals surface area contributed by atoms with Gasteiger partial charge in [0, 0.05) is 13.0 Å². The van der Waals surface area contributed by atoms with Crippen molar-refractivity contribution in [3.05, 3.63) is 0 Å². The lowest BCUT2D eigenvalue weighted by atomic mass is 10.1. The molecule has 0 radical (unpaired) electrons. The van der Waals surface area contributed by atoms with Crippen LogP contribution in [0.1, 0.15) is 26.7 Å². The van der Waals surface area contributed by atoms with Crippen molar-refractivity contribution in [1.29, 1.82) is 0 Å². The van der Waals surface area contributed by atoms with Crippen molar-refractivity contribution in [2.45, 2.75) is 32.7 Å². The van der Waals surface area contributed by atoms with Crippen molar-refractivity contribution in [2.75, 3.05) is 6.54 Å². The average Bonchev–Trinajstić information content (AvgIpc) is 2.23. The second kappa shape index (κ2) is 7.57. The summed E-state index contributed by atoms with van der Waals surface area (Å²) in [6.45, 7) is 4.03. The zero-order valence-electron chi connectivity index (χ0n) is 9.62. The minimum Gasteiger partial charge on any atom is -0.481 e. The van der Waals surface area contributed by atoms with Crippen LogP contribution in [0.25, 0.3) is 0 Å². The van der Waals surface area contributed by atoms with Crippen LogP contribution >= 0.6 is 0 Å². The molecule has 0 aliphatic heterocycles. The summed E-state index contributed by atoms with van der Waals surface area (Å²) in [5, 5.41) is 13.6. The lowest BCUT2D eigenvalue weighted by molar-refractivity contribution is -0.137. The Morgan fingerprint density at radius 3 is 2.56 bits per heavy atom. The van der Waals surface area contributed by atoms with Gasteiger partial charge in [-0.05, 0) is 19.3 Å². The third-order valence-electron chi connectivity index (χ3n) is 2.06. The number of hydrogen-bond acceptors (Lipinski definition) is 2. The standard InChI is InChI=1S/C11H18N2O3/c1-4-9(3)13-11(16)12-7-8(2)5-6-10(14)15/h1,8-9H,5-7H2,2-3H3,(H,14,15)(H2,12,13,16). The molecule has 0 aromatic carbocycles. The number of rotatable bonds is 6. The summed E-state index contributed by atoms with van der Waals surface area (Å²) < 4.78 is 0. The molecule has 3 N–H and O–H groups in total. The third-order valence-corrected chi connectivity index (χ3v) is 2.06. The van der Waals surface area contributed by atoms with E-state index in [0.29, 0.717) is 13.0 Å². The van der Waals surface area contributed by atoms with E-state index in [2.05, 4.69) is 16.6 Å². The van der Waals surface area contributed by atoms with E-state index in [1.165, 1.54) is 0 Å². The first-order chi connectivity index (χ1) is 7.45. The van der Waals surface area contributed by atoms with Crippen molar-refractivity contribution in [2.24, 2.45) is 5.92 Å². The Morgan fingerprint density at radius 1 is 1.44 bits per heavy atom. The van der Waals surface area contributed by atoms with Gasteiger partial charge in [-0.2, -0.15) is 0 Å². The van der Waals surface area contributed by atoms with Crippen molar-refractivity contribution < 1.29 is 14.7 Å². The number of carboxylic acid groups (broad SMARTS) is 1. The topological polar surface area (TPSA) is 78.4 Å². The first-order valence-electron chi connectivity index (χ1n) is 5.18. The molecule has 5 nitrogen and oxygen atoms in total. The highest BCUT2D eigenvalue weighted by molar-refractivity contribution is 5.74. The Balaban J connectivity index is 3.67. The number of amides is 2. The van der Waals surface area contributed by atoms with Gasteiger partial charge in [0.2, 0.25) is 0 Å². The van der Waals surface area contributed by atoms with E-state index in [1.807, 2.05) is 6.92 Å². The smallest absolute Gasteiger partial charge is 0.315 e. The molecule has 2 unspecified atom stereocenters. The number of urea groups is 1. The summed E-state index contributed by atoms with van der Waals surface area (Å²) in [4.78, 5) is 21.5. The van der Waals surface area contributed by atoms with Crippen LogP contribution in [0.3, 0.4) is 0 Å². The van der Waals surface area contributed by atoms with Crippen LogP contribution in [-0.4, -0.2) is 29.7 Å². The van der Waals surface area contributed by atoms with Gasteiger partial charge in [-0.25, -0.2) is 4.79 Å². The van der Waals surface area contributed by atoms with Crippen LogP contribution in [0, 0.1) is 18.3 Å². The maximum Gasteiger partial charge on any atom is 0.315 e. The summed E-state index contributed by atoms with van der Waals surface area (Å²) in [6, 6.07) is -0.637. The molecule has 0 spiro atoms. The SMILES string of the molecule is C#CC(C)NC(=O)NCC(C)CCC(=O)O. The summed E-state index contributed by atoms with van der Waals surface area (Å²) in [5.74, 6) is 1.68. The number of nitrogens with one attached hydrogen (secondary N) is 2. The van der Waals surface area contributed by atoms with E-state index in [-0.39, 0.29) is 24.4 Å². The van der Waals surface area contributed by atoms with Crippen molar-refractivity contribution >= 4 is 12.0 Å². The quantitative estimate of drug-likeness (QED) is 0.586. The number of hydrogen-bond donors (Lipinski definition) is 3. The van der Waals surface area contributed by atoms with Gasteiger partial charge in [-0.1, -0.05) is 12.8 Å². The van der Waals surface area contributed by atoms with E-state index in [0.717, 1.165) is 0 Å². The minimum absolute atomic E-state index is 0.116. The van der Waals surface area contributed by atoms with Gasteiger partial charge in [0.1, 0.15) is 0 Å². The fourth-order valence-corrected chi connectivity index (χ4v) is 1.03. The highest BCUT2D eigenvalue weighted by Gasteiger charge is 2.08. The summed E-state index contributed by atoms with van der Waals surface area (Å²) >= 11 is 0. The van der Waals surface area contributed by atoms with Gasteiger partial charge in [0.25, 0.3) is 0 Å². The van der Waals surface area contributed by atoms with Gasteiger partial charge in [0.15, 0.2) is 0 Å². The number of carbonyl (C=O) groups is 2. The van der Waals surface area contributed by atoms with Crippen LogP contribution in [0.15, 0.2) is 0 Å². The predicted molar refractivity (Wildman–Crippen MR) is 60.9 cm³/mol. The van der Waals surface area contributed by atoms with E-state index in [9.17, 15) is 9.59 Å². The van der Waals surface area contributed by atoms with Crippen LogP contribution in [0.5, 0.6) is 0 Å². The Hall–Kier alpha value is -1.70. The van der Waals surface area contributed by atoms with E-state index < -0.39 is 5.97 Å². The maximum absolute atomic E-state index is 11.2. The van der Waals surface area contributed by atoms with Gasteiger partial charge in [-0.3, -0.25) is 4.79 Å². The monoisotopic (exact) mass is 226 g/mol. The third kappa shape index (κ3) is 7.68. The molecule has 2 amide bonds. The van der Waals surface area contributed by atoms with Crippen LogP contribution in [-0.2, 0) is 4.79 Å². The first-order valence-corrected chi connectivity index (χ1v) is 5.18. The molecule has 0 aliphatic rings. The van der Waals surface area contributed by atoms with Crippen LogP contribution in [0.4, 0.5) is 4.79 Å². The summed E-state index contributed by atoms with van der Waals surface area (Å²) in [7, 11) is 0. The molecule has 0 aromatic rings. The summed E-state index contributed by atoms with van der Waals surface area (Å²) in [5.41, 5.74) is 0. The molecule has 0 rings (SSSR count). The van der Waals surface area contributed by atoms with E-state index in [1.54, 1.807) is 6.92 Å². The fraction of sp³-hybridized carbons (Fsp3) is 0.636. The first kappa shape index (κ1) is 14.3. The molecule has 5 heteroatoms. The molecule has 90 valence electrons. The molecular formula is C11H18N2O3. The summed E-state index contributed by atoms with van der Waals surface area (Å²) in [6.07, 6.45) is 5.76. The number of carbonyl (C=O) groups excluding carboxylic acids is 1. The molecular weight excluding hydrogens is 208 g/mol. The molecule has 2 atom stereocenters. The molecule has 0 saturated carbocycles. The Kier molecular flexibility index (Phi) is 6.77. The zero-order chi connectivity index (χ0) is 12.6. The molecule has 16 heavy (non-hydrogen) atoms. The van der Waals surface area contributed by atoms with Gasteiger partial charge in [0.05, 0.1) is 6.04 Å². The predicted octanol–water partition coefficient (Wildman–Crippen LogP) is 0.808. The number of carboxylic acids is 1. The van der Waals surface area contributed by atoms with Crippen molar-refractivity contribution in [1.82, 2.24) is 10.6 Å². The second-order valence-electron chi connectivity index (χ2n) is 3.78. The van der Waals surface area contributed by atoms with Gasteiger partial charge in [-0.15, -0.1) is 6.42 Å². The van der Waals surface area contributed by atoms with E-state index in [4.69, 9.17) is 11.5 Å². The fourth-order valence-electron chi connectivity index (χ4n) is 1.03. The zero-order valence-corrected chi connectivity index (χ0v) is 9.62. The van der Waals surface area contributed by atoms with Crippen molar-refractivity contribution in [3.63, 3.8) is 0 Å². The highest BCUT2D eigenvalue weighted by atomic mass is 16.4. The molecule has 0 heterocycles. The minimum atomic E-state index is -0.822. The molecule has 0 aromatic heterocycles.